The molecule has 140 valence electrons. The highest BCUT2D eigenvalue weighted by Crippen LogP contribution is 2.22. The largest absolute Gasteiger partial charge is 0.347 e. The number of aryl methyl sites for hydroxylation is 2. The molecule has 1 aromatic carbocycles. The molecule has 2 aromatic heterocycles. The Balaban J connectivity index is 2.19. The number of fused-ring (bicyclic) bond motifs is 2. The van der Waals surface area contributed by atoms with Crippen LogP contribution in [0.1, 0.15) is 22.8 Å². The molecule has 3 aromatic rings. The van der Waals surface area contributed by atoms with E-state index in [-0.39, 0.29) is 17.0 Å². The van der Waals surface area contributed by atoms with E-state index in [9.17, 15) is 14.4 Å². The molecule has 1 atom stereocenters. The zero-order valence-corrected chi connectivity index (χ0v) is 16.0. The van der Waals surface area contributed by atoms with Gasteiger partial charge < -0.3 is 14.8 Å². The molecule has 7 nitrogen and oxygen atoms in total. The molecule has 2 heterocycles. The summed E-state index contributed by atoms with van der Waals surface area (Å²) in [6, 6.07) is 6.79. The Hall–Kier alpha value is -3.22. The SMILES string of the molecule is Cc1cccc2cc3c(=O)n(C)cc(C(=O)NC(C)C(=O)N(C)C)c3nc12. The number of likely N-dealkylation sites (N-methyl/N-ethyl adjacent to an activating group) is 1. The number of carbonyl (C=O) groups is 2. The summed E-state index contributed by atoms with van der Waals surface area (Å²) < 4.78 is 1.36. The van der Waals surface area contributed by atoms with Crippen molar-refractivity contribution in [2.45, 2.75) is 19.9 Å². The quantitative estimate of drug-likeness (QED) is 0.714. The van der Waals surface area contributed by atoms with Crippen LogP contribution in [0.5, 0.6) is 0 Å². The predicted molar refractivity (Wildman–Crippen MR) is 105 cm³/mol. The van der Waals surface area contributed by atoms with Crippen molar-refractivity contribution in [1.29, 1.82) is 0 Å². The average molecular weight is 366 g/mol. The van der Waals surface area contributed by atoms with E-state index < -0.39 is 11.9 Å². The third-order valence-electron chi connectivity index (χ3n) is 4.58. The molecule has 0 bridgehead atoms. The molecule has 27 heavy (non-hydrogen) atoms. The summed E-state index contributed by atoms with van der Waals surface area (Å²) in [7, 11) is 4.85. The van der Waals surface area contributed by atoms with Gasteiger partial charge in [-0.3, -0.25) is 14.4 Å². The smallest absolute Gasteiger partial charge is 0.259 e. The van der Waals surface area contributed by atoms with Crippen LogP contribution in [0.15, 0.2) is 35.3 Å². The summed E-state index contributed by atoms with van der Waals surface area (Å²) in [5.74, 6) is -0.662. The van der Waals surface area contributed by atoms with Gasteiger partial charge >= 0.3 is 0 Å². The van der Waals surface area contributed by atoms with Crippen LogP contribution in [0.2, 0.25) is 0 Å². The summed E-state index contributed by atoms with van der Waals surface area (Å²) in [6.07, 6.45) is 1.46. The first-order valence-electron chi connectivity index (χ1n) is 8.62. The monoisotopic (exact) mass is 366 g/mol. The van der Waals surface area contributed by atoms with Gasteiger partial charge in [0.2, 0.25) is 5.91 Å². The third-order valence-corrected chi connectivity index (χ3v) is 4.58. The number of pyridine rings is 2. The van der Waals surface area contributed by atoms with Gasteiger partial charge in [0.25, 0.3) is 11.5 Å². The molecule has 0 saturated carbocycles. The van der Waals surface area contributed by atoms with Crippen molar-refractivity contribution in [2.24, 2.45) is 7.05 Å². The minimum Gasteiger partial charge on any atom is -0.347 e. The fourth-order valence-corrected chi connectivity index (χ4v) is 3.11. The number of para-hydroxylation sites is 1. The van der Waals surface area contributed by atoms with Gasteiger partial charge in [0.1, 0.15) is 6.04 Å². The van der Waals surface area contributed by atoms with E-state index in [1.165, 1.54) is 15.7 Å². The summed E-state index contributed by atoms with van der Waals surface area (Å²) in [5.41, 5.74) is 2.06. The number of amides is 2. The predicted octanol–water partition coefficient (Wildman–Crippen LogP) is 1.60. The first-order valence-corrected chi connectivity index (χ1v) is 8.62. The van der Waals surface area contributed by atoms with Crippen molar-refractivity contribution in [2.75, 3.05) is 14.1 Å². The number of nitrogens with zero attached hydrogens (tertiary/aromatic N) is 3. The lowest BCUT2D eigenvalue weighted by Crippen LogP contribution is -2.44. The van der Waals surface area contributed by atoms with Crippen molar-refractivity contribution >= 4 is 33.6 Å². The first kappa shape index (κ1) is 18.6. The first-order chi connectivity index (χ1) is 12.7. The molecular weight excluding hydrogens is 344 g/mol. The van der Waals surface area contributed by atoms with Crippen LogP contribution >= 0.6 is 0 Å². The summed E-state index contributed by atoms with van der Waals surface area (Å²) in [5, 5.41) is 3.90. The highest BCUT2D eigenvalue weighted by Gasteiger charge is 2.21. The normalized spacial score (nSPS) is 12.2. The van der Waals surface area contributed by atoms with Crippen LogP contribution in [-0.2, 0) is 11.8 Å². The second-order valence-corrected chi connectivity index (χ2v) is 6.92. The van der Waals surface area contributed by atoms with Crippen LogP contribution in [0.25, 0.3) is 21.8 Å². The molecule has 0 aliphatic carbocycles. The Morgan fingerprint density at radius 1 is 1.22 bits per heavy atom. The Morgan fingerprint density at radius 2 is 1.93 bits per heavy atom. The van der Waals surface area contributed by atoms with Gasteiger partial charge in [0.05, 0.1) is 22.0 Å². The van der Waals surface area contributed by atoms with E-state index in [0.29, 0.717) is 10.9 Å². The number of hydrogen-bond donors (Lipinski definition) is 1. The highest BCUT2D eigenvalue weighted by molar-refractivity contribution is 6.08. The lowest BCUT2D eigenvalue weighted by Gasteiger charge is -2.18. The van der Waals surface area contributed by atoms with Gasteiger partial charge in [-0.05, 0) is 25.5 Å². The minimum atomic E-state index is -0.693. The van der Waals surface area contributed by atoms with Crippen LogP contribution < -0.4 is 10.9 Å². The molecule has 1 unspecified atom stereocenters. The molecule has 0 saturated heterocycles. The second kappa shape index (κ2) is 6.83. The van der Waals surface area contributed by atoms with E-state index in [1.807, 2.05) is 25.1 Å². The molecule has 0 radical (unpaired) electrons. The zero-order chi connectivity index (χ0) is 19.9. The molecule has 3 rings (SSSR count). The van der Waals surface area contributed by atoms with E-state index >= 15 is 0 Å². The Morgan fingerprint density at radius 3 is 2.59 bits per heavy atom. The minimum absolute atomic E-state index is 0.216. The Labute approximate surface area is 156 Å². The summed E-state index contributed by atoms with van der Waals surface area (Å²) >= 11 is 0. The van der Waals surface area contributed by atoms with Crippen molar-refractivity contribution in [3.05, 3.63) is 51.9 Å². The number of carbonyl (C=O) groups excluding carboxylic acids is 2. The zero-order valence-electron chi connectivity index (χ0n) is 16.0. The van der Waals surface area contributed by atoms with Crippen LogP contribution in [0.3, 0.4) is 0 Å². The molecule has 7 heteroatoms. The molecule has 0 aliphatic rings. The van der Waals surface area contributed by atoms with Crippen LogP contribution in [0, 0.1) is 6.92 Å². The number of nitrogens with one attached hydrogen (secondary N) is 1. The van der Waals surface area contributed by atoms with Crippen LogP contribution in [-0.4, -0.2) is 46.4 Å². The summed E-state index contributed by atoms with van der Waals surface area (Å²) in [4.78, 5) is 43.5. The number of benzene rings is 1. The van der Waals surface area contributed by atoms with E-state index in [1.54, 1.807) is 34.1 Å². The molecule has 0 aliphatic heterocycles. The fraction of sp³-hybridized carbons (Fsp3) is 0.300. The van der Waals surface area contributed by atoms with E-state index in [0.717, 1.165) is 16.5 Å². The van der Waals surface area contributed by atoms with Crippen molar-refractivity contribution < 1.29 is 9.59 Å². The topological polar surface area (TPSA) is 84.3 Å². The maximum Gasteiger partial charge on any atom is 0.259 e. The maximum atomic E-state index is 12.8. The number of hydrogen-bond acceptors (Lipinski definition) is 4. The standard InChI is InChI=1S/C20H22N4O3/c1-11-7-6-8-13-9-14-17(22-16(11)13)15(10-24(5)20(14)27)18(25)21-12(2)19(26)23(3)4/h6-10,12H,1-5H3,(H,21,25). The number of rotatable bonds is 3. The second-order valence-electron chi connectivity index (χ2n) is 6.92. The van der Waals surface area contributed by atoms with Gasteiger partial charge in [0.15, 0.2) is 0 Å². The Kier molecular flexibility index (Phi) is 4.70. The molecule has 0 spiro atoms. The van der Waals surface area contributed by atoms with Crippen molar-refractivity contribution in [3.8, 4) is 0 Å². The highest BCUT2D eigenvalue weighted by atomic mass is 16.2. The van der Waals surface area contributed by atoms with Gasteiger partial charge in [-0.15, -0.1) is 0 Å². The van der Waals surface area contributed by atoms with Gasteiger partial charge in [0, 0.05) is 32.7 Å². The van der Waals surface area contributed by atoms with Crippen LogP contribution in [0.4, 0.5) is 0 Å². The molecule has 2 amide bonds. The molecule has 0 fully saturated rings. The lowest BCUT2D eigenvalue weighted by molar-refractivity contribution is -0.130. The third kappa shape index (κ3) is 3.28. The summed E-state index contributed by atoms with van der Waals surface area (Å²) in [6.45, 7) is 3.55. The number of aromatic nitrogens is 2. The van der Waals surface area contributed by atoms with E-state index in [4.69, 9.17) is 0 Å². The molecular formula is C20H22N4O3. The van der Waals surface area contributed by atoms with E-state index in [2.05, 4.69) is 10.3 Å². The average Bonchev–Trinajstić information content (AvgIpc) is 2.63. The molecule has 1 N–H and O–H groups in total. The van der Waals surface area contributed by atoms with Gasteiger partial charge in [-0.25, -0.2) is 4.98 Å². The van der Waals surface area contributed by atoms with Gasteiger partial charge in [-0.2, -0.15) is 0 Å². The lowest BCUT2D eigenvalue weighted by atomic mass is 10.1. The van der Waals surface area contributed by atoms with Crippen molar-refractivity contribution in [3.63, 3.8) is 0 Å². The van der Waals surface area contributed by atoms with Gasteiger partial charge in [-0.1, -0.05) is 18.2 Å². The van der Waals surface area contributed by atoms with Crippen molar-refractivity contribution in [1.82, 2.24) is 19.8 Å². The fourth-order valence-electron chi connectivity index (χ4n) is 3.11. The Bertz CT molecular complexity index is 1130. The maximum absolute atomic E-state index is 12.8.